The van der Waals surface area contributed by atoms with Gasteiger partial charge in [-0.05, 0) is 50.7 Å². The molecule has 3 fully saturated rings. The van der Waals surface area contributed by atoms with E-state index in [0.717, 1.165) is 24.1 Å². The smallest absolute Gasteiger partial charge is 0.227 e. The molecule has 0 aromatic heterocycles. The molecule has 4 atom stereocenters. The van der Waals surface area contributed by atoms with Crippen LogP contribution in [0.1, 0.15) is 26.7 Å². The SMILES string of the molecule is CC(C)=C1[C@H]2CC[C@@H]1[C@H](C(=O)[O-])[C@@H]2C(=O)N1CCN(c2ccccc2Cl)CC1. The van der Waals surface area contributed by atoms with Crippen molar-refractivity contribution in [3.63, 3.8) is 0 Å². The minimum atomic E-state index is -1.07. The van der Waals surface area contributed by atoms with Gasteiger partial charge in [-0.25, -0.2) is 0 Å². The quantitative estimate of drug-likeness (QED) is 0.729. The summed E-state index contributed by atoms with van der Waals surface area (Å²) in [6, 6.07) is 7.72. The van der Waals surface area contributed by atoms with Gasteiger partial charge in [-0.2, -0.15) is 0 Å². The summed E-state index contributed by atoms with van der Waals surface area (Å²) in [6.07, 6.45) is 1.76. The fourth-order valence-corrected chi connectivity index (χ4v) is 5.91. The molecular weight excluding hydrogens is 376 g/mol. The standard InChI is InChI=1S/C22H27ClN2O3/c1-13(2)18-14-7-8-15(18)20(22(27)28)19(14)21(26)25-11-9-24(10-12-25)17-6-4-3-5-16(17)23/h3-6,14-15,19-20H,7-12H2,1-2H3,(H,27,28)/p-1/t14-,15+,19-,20+/m1/s1. The third-order valence-electron chi connectivity index (χ3n) is 6.76. The van der Waals surface area contributed by atoms with Gasteiger partial charge in [-0.1, -0.05) is 34.9 Å². The van der Waals surface area contributed by atoms with E-state index in [9.17, 15) is 14.7 Å². The Balaban J connectivity index is 1.50. The van der Waals surface area contributed by atoms with E-state index in [4.69, 9.17) is 11.6 Å². The number of benzene rings is 1. The highest BCUT2D eigenvalue weighted by Crippen LogP contribution is 2.57. The Morgan fingerprint density at radius 1 is 1.00 bits per heavy atom. The normalized spacial score (nSPS) is 29.3. The average Bonchev–Trinajstić information content (AvgIpc) is 3.24. The van der Waals surface area contributed by atoms with Crippen LogP contribution in [0.25, 0.3) is 0 Å². The van der Waals surface area contributed by atoms with E-state index in [1.165, 1.54) is 5.57 Å². The molecule has 28 heavy (non-hydrogen) atoms. The van der Waals surface area contributed by atoms with Crippen molar-refractivity contribution in [3.05, 3.63) is 40.4 Å². The van der Waals surface area contributed by atoms with Crippen molar-refractivity contribution in [2.75, 3.05) is 31.1 Å². The molecule has 2 aliphatic carbocycles. The first-order chi connectivity index (χ1) is 13.4. The Morgan fingerprint density at radius 2 is 1.61 bits per heavy atom. The lowest BCUT2D eigenvalue weighted by Gasteiger charge is -2.40. The number of halogens is 1. The van der Waals surface area contributed by atoms with Crippen molar-refractivity contribution in [2.45, 2.75) is 26.7 Å². The molecule has 0 N–H and O–H groups in total. The van der Waals surface area contributed by atoms with Crippen LogP contribution in [0.2, 0.25) is 5.02 Å². The zero-order valence-corrected chi connectivity index (χ0v) is 17.1. The van der Waals surface area contributed by atoms with Crippen LogP contribution < -0.4 is 10.0 Å². The third-order valence-corrected chi connectivity index (χ3v) is 7.08. The maximum atomic E-state index is 13.4. The van der Waals surface area contributed by atoms with Crippen LogP contribution in [0.5, 0.6) is 0 Å². The molecule has 2 saturated carbocycles. The molecule has 1 aliphatic heterocycles. The van der Waals surface area contributed by atoms with E-state index in [2.05, 4.69) is 4.90 Å². The molecule has 2 bridgehead atoms. The number of nitrogens with zero attached hydrogens (tertiary/aromatic N) is 2. The highest BCUT2D eigenvalue weighted by molar-refractivity contribution is 6.33. The van der Waals surface area contributed by atoms with Crippen LogP contribution in [-0.4, -0.2) is 43.0 Å². The molecule has 150 valence electrons. The number of rotatable bonds is 3. The Bertz CT molecular complexity index is 825. The van der Waals surface area contributed by atoms with Gasteiger partial charge in [0.25, 0.3) is 0 Å². The number of hydrogen-bond acceptors (Lipinski definition) is 4. The first-order valence-corrected chi connectivity index (χ1v) is 10.4. The molecule has 3 aliphatic rings. The van der Waals surface area contributed by atoms with Crippen molar-refractivity contribution < 1.29 is 14.7 Å². The number of carbonyl (C=O) groups excluding carboxylic acids is 2. The number of piperazine rings is 1. The van der Waals surface area contributed by atoms with E-state index >= 15 is 0 Å². The van der Waals surface area contributed by atoms with Crippen molar-refractivity contribution in [3.8, 4) is 0 Å². The number of hydrogen-bond donors (Lipinski definition) is 0. The lowest BCUT2D eigenvalue weighted by molar-refractivity contribution is -0.314. The van der Waals surface area contributed by atoms with Crippen LogP contribution in [0.3, 0.4) is 0 Å². The number of anilines is 1. The predicted octanol–water partition coefficient (Wildman–Crippen LogP) is 2.35. The molecule has 6 heteroatoms. The summed E-state index contributed by atoms with van der Waals surface area (Å²) in [4.78, 5) is 29.3. The monoisotopic (exact) mass is 401 g/mol. The zero-order valence-electron chi connectivity index (χ0n) is 16.4. The van der Waals surface area contributed by atoms with Gasteiger partial charge in [0, 0.05) is 38.1 Å². The Hall–Kier alpha value is -2.01. The number of carboxylic acid groups (broad SMARTS) is 1. The number of fused-ring (bicyclic) bond motifs is 2. The molecule has 1 aromatic rings. The fraction of sp³-hybridized carbons (Fsp3) is 0.545. The first-order valence-electron chi connectivity index (χ1n) is 10.1. The van der Waals surface area contributed by atoms with Gasteiger partial charge >= 0.3 is 0 Å². The highest BCUT2D eigenvalue weighted by Gasteiger charge is 2.55. The average molecular weight is 402 g/mol. The van der Waals surface area contributed by atoms with E-state index in [-0.39, 0.29) is 17.7 Å². The molecule has 4 rings (SSSR count). The summed E-state index contributed by atoms with van der Waals surface area (Å²) in [7, 11) is 0. The summed E-state index contributed by atoms with van der Waals surface area (Å²) in [5, 5.41) is 12.6. The number of aliphatic carboxylic acids is 1. The van der Waals surface area contributed by atoms with Gasteiger partial charge in [0.1, 0.15) is 0 Å². The largest absolute Gasteiger partial charge is 0.550 e. The summed E-state index contributed by atoms with van der Waals surface area (Å²) in [5.74, 6) is -2.21. The molecule has 1 amide bonds. The van der Waals surface area contributed by atoms with Gasteiger partial charge in [0.2, 0.25) is 5.91 Å². The lowest BCUT2D eigenvalue weighted by atomic mass is 9.78. The van der Waals surface area contributed by atoms with Gasteiger partial charge in [-0.3, -0.25) is 4.79 Å². The fourth-order valence-electron chi connectivity index (χ4n) is 5.66. The number of amides is 1. The topological polar surface area (TPSA) is 63.7 Å². The minimum Gasteiger partial charge on any atom is -0.550 e. The molecule has 0 spiro atoms. The second kappa shape index (κ2) is 7.43. The van der Waals surface area contributed by atoms with E-state index < -0.39 is 17.8 Å². The summed E-state index contributed by atoms with van der Waals surface area (Å²) >= 11 is 6.30. The van der Waals surface area contributed by atoms with Crippen LogP contribution >= 0.6 is 11.6 Å². The second-order valence-corrected chi connectivity index (χ2v) is 8.79. The molecule has 0 radical (unpaired) electrons. The molecule has 1 aromatic carbocycles. The van der Waals surface area contributed by atoms with Gasteiger partial charge in [0.05, 0.1) is 16.6 Å². The number of carbonyl (C=O) groups is 2. The van der Waals surface area contributed by atoms with Crippen LogP contribution in [0.4, 0.5) is 5.69 Å². The maximum Gasteiger partial charge on any atom is 0.227 e. The van der Waals surface area contributed by atoms with Gasteiger partial charge in [-0.15, -0.1) is 0 Å². The van der Waals surface area contributed by atoms with Crippen molar-refractivity contribution in [1.82, 2.24) is 4.90 Å². The zero-order chi connectivity index (χ0) is 20.0. The third kappa shape index (κ3) is 3.10. The number of carboxylic acids is 1. The summed E-state index contributed by atoms with van der Waals surface area (Å²) < 4.78 is 0. The van der Waals surface area contributed by atoms with Crippen molar-refractivity contribution in [1.29, 1.82) is 0 Å². The van der Waals surface area contributed by atoms with Crippen LogP contribution in [-0.2, 0) is 9.59 Å². The Kier molecular flexibility index (Phi) is 5.13. The van der Waals surface area contributed by atoms with Crippen molar-refractivity contribution >= 4 is 29.2 Å². The van der Waals surface area contributed by atoms with Gasteiger partial charge < -0.3 is 19.7 Å². The number of allylic oxidation sites excluding steroid dienone is 2. The van der Waals surface area contributed by atoms with Crippen LogP contribution in [0, 0.1) is 23.7 Å². The van der Waals surface area contributed by atoms with Gasteiger partial charge in [0.15, 0.2) is 0 Å². The molecular formula is C22H26ClN2O3-. The summed E-state index contributed by atoms with van der Waals surface area (Å²) in [5.41, 5.74) is 3.34. The number of para-hydroxylation sites is 1. The highest BCUT2D eigenvalue weighted by atomic mass is 35.5. The first kappa shape index (κ1) is 19.3. The maximum absolute atomic E-state index is 13.4. The van der Waals surface area contributed by atoms with Crippen LogP contribution in [0.15, 0.2) is 35.4 Å². The van der Waals surface area contributed by atoms with E-state index in [0.29, 0.717) is 31.2 Å². The Morgan fingerprint density at radius 3 is 2.18 bits per heavy atom. The minimum absolute atomic E-state index is 0.0149. The second-order valence-electron chi connectivity index (χ2n) is 8.38. The van der Waals surface area contributed by atoms with E-state index in [1.807, 2.05) is 43.0 Å². The predicted molar refractivity (Wildman–Crippen MR) is 107 cm³/mol. The molecule has 0 unspecified atom stereocenters. The molecule has 1 saturated heterocycles. The Labute approximate surface area is 171 Å². The summed E-state index contributed by atoms with van der Waals surface area (Å²) in [6.45, 7) is 6.62. The van der Waals surface area contributed by atoms with E-state index in [1.54, 1.807) is 0 Å². The lowest BCUT2D eigenvalue weighted by Crippen LogP contribution is -2.53. The van der Waals surface area contributed by atoms with Crippen molar-refractivity contribution in [2.24, 2.45) is 23.7 Å². The molecule has 5 nitrogen and oxygen atoms in total. The molecule has 1 heterocycles.